The van der Waals surface area contributed by atoms with E-state index in [4.69, 9.17) is 11.6 Å². The summed E-state index contributed by atoms with van der Waals surface area (Å²) in [6.45, 7) is 0.00377. The minimum Gasteiger partial charge on any atom is -0.372 e. The summed E-state index contributed by atoms with van der Waals surface area (Å²) in [5, 5.41) is 15.8. The zero-order valence-corrected chi connectivity index (χ0v) is 16.3. The molecule has 0 spiro atoms. The maximum absolute atomic E-state index is 13.4. The van der Waals surface area contributed by atoms with Gasteiger partial charge < -0.3 is 20.6 Å². The Morgan fingerprint density at radius 3 is 2.72 bits per heavy atom. The maximum Gasteiger partial charge on any atom is 0.268 e. The Labute approximate surface area is 171 Å². The lowest BCUT2D eigenvalue weighted by Crippen LogP contribution is -2.52. The largest absolute Gasteiger partial charge is 0.372 e. The van der Waals surface area contributed by atoms with E-state index in [0.29, 0.717) is 16.8 Å². The van der Waals surface area contributed by atoms with E-state index >= 15 is 0 Å². The standard InChI is InChI=1S/C20H19ClFN3O4/c1-23-17(26)13-3-2-4-16(9-13)25-6-5-20(29,19(25)28)18(27)24-11-12-7-14(21)10-15(22)8-12/h2-4,7-10,29H,5-6,11H2,1H3,(H,23,26)(H,24,27). The van der Waals surface area contributed by atoms with Crippen molar-refractivity contribution in [3.05, 3.63) is 64.4 Å². The van der Waals surface area contributed by atoms with Gasteiger partial charge in [-0.05, 0) is 42.0 Å². The van der Waals surface area contributed by atoms with Crippen LogP contribution in [0.5, 0.6) is 0 Å². The lowest BCUT2D eigenvalue weighted by molar-refractivity contribution is -0.149. The number of anilines is 1. The number of aliphatic hydroxyl groups is 1. The molecule has 1 heterocycles. The van der Waals surface area contributed by atoms with Gasteiger partial charge in [0.2, 0.25) is 5.60 Å². The Morgan fingerprint density at radius 2 is 2.03 bits per heavy atom. The molecule has 7 nitrogen and oxygen atoms in total. The molecule has 0 aliphatic carbocycles. The molecule has 1 aliphatic rings. The number of rotatable bonds is 5. The van der Waals surface area contributed by atoms with Crippen LogP contribution in [-0.4, -0.2) is 42.0 Å². The SMILES string of the molecule is CNC(=O)c1cccc(N2CCC(O)(C(=O)NCc3cc(F)cc(Cl)c3)C2=O)c1. The highest BCUT2D eigenvalue weighted by Gasteiger charge is 2.51. The Kier molecular flexibility index (Phi) is 5.86. The van der Waals surface area contributed by atoms with Crippen LogP contribution in [0.25, 0.3) is 0 Å². The van der Waals surface area contributed by atoms with Crippen LogP contribution in [0.15, 0.2) is 42.5 Å². The van der Waals surface area contributed by atoms with E-state index in [-0.39, 0.29) is 30.4 Å². The van der Waals surface area contributed by atoms with E-state index < -0.39 is 23.2 Å². The normalized spacial score (nSPS) is 18.6. The summed E-state index contributed by atoms with van der Waals surface area (Å²) in [7, 11) is 1.49. The fourth-order valence-electron chi connectivity index (χ4n) is 3.16. The number of nitrogens with one attached hydrogen (secondary N) is 2. The molecule has 3 rings (SSSR count). The molecule has 1 saturated heterocycles. The fourth-order valence-corrected chi connectivity index (χ4v) is 3.41. The Morgan fingerprint density at radius 1 is 1.28 bits per heavy atom. The molecule has 9 heteroatoms. The van der Waals surface area contributed by atoms with Crippen molar-refractivity contribution in [2.24, 2.45) is 0 Å². The van der Waals surface area contributed by atoms with Gasteiger partial charge in [-0.3, -0.25) is 14.4 Å². The van der Waals surface area contributed by atoms with Crippen molar-refractivity contribution >= 4 is 35.0 Å². The maximum atomic E-state index is 13.4. The monoisotopic (exact) mass is 419 g/mol. The first-order valence-electron chi connectivity index (χ1n) is 8.84. The molecule has 29 heavy (non-hydrogen) atoms. The average molecular weight is 420 g/mol. The number of benzene rings is 2. The first-order valence-corrected chi connectivity index (χ1v) is 9.22. The molecule has 1 atom stereocenters. The van der Waals surface area contributed by atoms with Crippen LogP contribution < -0.4 is 15.5 Å². The average Bonchev–Trinajstić information content (AvgIpc) is 3.01. The molecule has 0 aromatic heterocycles. The van der Waals surface area contributed by atoms with Crippen molar-refractivity contribution in [1.82, 2.24) is 10.6 Å². The van der Waals surface area contributed by atoms with E-state index in [9.17, 15) is 23.9 Å². The van der Waals surface area contributed by atoms with Gasteiger partial charge in [-0.25, -0.2) is 4.39 Å². The fraction of sp³-hybridized carbons (Fsp3) is 0.250. The molecule has 3 amide bonds. The van der Waals surface area contributed by atoms with Gasteiger partial charge in [0.25, 0.3) is 17.7 Å². The number of hydrogen-bond acceptors (Lipinski definition) is 4. The minimum atomic E-state index is -2.25. The Balaban J connectivity index is 1.73. The molecule has 1 unspecified atom stereocenters. The molecule has 0 bridgehead atoms. The zero-order valence-electron chi connectivity index (χ0n) is 15.5. The third-order valence-corrected chi connectivity index (χ3v) is 4.91. The second-order valence-electron chi connectivity index (χ2n) is 6.66. The molecule has 2 aromatic rings. The van der Waals surface area contributed by atoms with E-state index in [2.05, 4.69) is 10.6 Å². The van der Waals surface area contributed by atoms with Gasteiger partial charge in [0.05, 0.1) is 0 Å². The van der Waals surface area contributed by atoms with Gasteiger partial charge in [-0.1, -0.05) is 17.7 Å². The van der Waals surface area contributed by atoms with E-state index in [1.54, 1.807) is 18.2 Å². The van der Waals surface area contributed by atoms with Crippen molar-refractivity contribution < 1.29 is 23.9 Å². The smallest absolute Gasteiger partial charge is 0.268 e. The molecule has 2 aromatic carbocycles. The second-order valence-corrected chi connectivity index (χ2v) is 7.09. The summed E-state index contributed by atoms with van der Waals surface area (Å²) in [5.41, 5.74) is -1.11. The Hall–Kier alpha value is -2.97. The summed E-state index contributed by atoms with van der Waals surface area (Å²) in [6, 6.07) is 10.1. The highest BCUT2D eigenvalue weighted by molar-refractivity contribution is 6.30. The third kappa shape index (κ3) is 4.23. The van der Waals surface area contributed by atoms with Crippen LogP contribution in [0.1, 0.15) is 22.3 Å². The zero-order chi connectivity index (χ0) is 21.2. The summed E-state index contributed by atoms with van der Waals surface area (Å²) in [4.78, 5) is 38.3. The summed E-state index contributed by atoms with van der Waals surface area (Å²) < 4.78 is 13.4. The molecule has 3 N–H and O–H groups in total. The van der Waals surface area contributed by atoms with Gasteiger partial charge in [0.15, 0.2) is 0 Å². The van der Waals surface area contributed by atoms with Crippen molar-refractivity contribution in [1.29, 1.82) is 0 Å². The summed E-state index contributed by atoms with van der Waals surface area (Å²) >= 11 is 5.78. The molecule has 0 saturated carbocycles. The number of amides is 3. The van der Waals surface area contributed by atoms with Crippen molar-refractivity contribution in [3.8, 4) is 0 Å². The third-order valence-electron chi connectivity index (χ3n) is 4.69. The van der Waals surface area contributed by atoms with Gasteiger partial charge >= 0.3 is 0 Å². The summed E-state index contributed by atoms with van der Waals surface area (Å²) in [5.74, 6) is -2.55. The second kappa shape index (κ2) is 8.18. The van der Waals surface area contributed by atoms with E-state index in [1.165, 1.54) is 30.1 Å². The molecule has 1 fully saturated rings. The number of hydrogen-bond donors (Lipinski definition) is 3. The number of nitrogens with zero attached hydrogens (tertiary/aromatic N) is 1. The van der Waals surface area contributed by atoms with Gasteiger partial charge in [0, 0.05) is 42.8 Å². The van der Waals surface area contributed by atoms with Crippen LogP contribution in [0.3, 0.4) is 0 Å². The molecule has 1 aliphatic heterocycles. The minimum absolute atomic E-state index is 0.0991. The molecular formula is C20H19ClFN3O4. The van der Waals surface area contributed by atoms with Crippen molar-refractivity contribution in [3.63, 3.8) is 0 Å². The molecule has 0 radical (unpaired) electrons. The first-order chi connectivity index (χ1) is 13.7. The highest BCUT2D eigenvalue weighted by Crippen LogP contribution is 2.29. The first kappa shape index (κ1) is 20.8. The highest BCUT2D eigenvalue weighted by atomic mass is 35.5. The van der Waals surface area contributed by atoms with E-state index in [0.717, 1.165) is 6.07 Å². The van der Waals surface area contributed by atoms with Crippen LogP contribution in [0.2, 0.25) is 5.02 Å². The predicted octanol–water partition coefficient (Wildman–Crippen LogP) is 1.62. The quantitative estimate of drug-likeness (QED) is 0.641. The number of carbonyl (C=O) groups excluding carboxylic acids is 3. The van der Waals surface area contributed by atoms with Gasteiger partial charge in [-0.2, -0.15) is 0 Å². The lowest BCUT2D eigenvalue weighted by Gasteiger charge is -2.22. The molecular weight excluding hydrogens is 401 g/mol. The van der Waals surface area contributed by atoms with Crippen LogP contribution in [0.4, 0.5) is 10.1 Å². The number of carbonyl (C=O) groups is 3. The van der Waals surface area contributed by atoms with Crippen LogP contribution in [-0.2, 0) is 16.1 Å². The summed E-state index contributed by atoms with van der Waals surface area (Å²) in [6.07, 6.45) is -0.119. The van der Waals surface area contributed by atoms with E-state index in [1.807, 2.05) is 0 Å². The van der Waals surface area contributed by atoms with Crippen molar-refractivity contribution in [2.75, 3.05) is 18.5 Å². The lowest BCUT2D eigenvalue weighted by atomic mass is 10.0. The predicted molar refractivity (Wildman–Crippen MR) is 105 cm³/mol. The topological polar surface area (TPSA) is 98.7 Å². The van der Waals surface area contributed by atoms with Crippen LogP contribution >= 0.6 is 11.6 Å². The van der Waals surface area contributed by atoms with Gasteiger partial charge in [0.1, 0.15) is 5.82 Å². The van der Waals surface area contributed by atoms with Gasteiger partial charge in [-0.15, -0.1) is 0 Å². The molecule has 152 valence electrons. The van der Waals surface area contributed by atoms with Crippen LogP contribution in [0, 0.1) is 5.82 Å². The van der Waals surface area contributed by atoms with Crippen molar-refractivity contribution in [2.45, 2.75) is 18.6 Å². The Bertz CT molecular complexity index is 964. The number of halogens is 2.